The van der Waals surface area contributed by atoms with E-state index in [2.05, 4.69) is 24.0 Å². The van der Waals surface area contributed by atoms with Crippen LogP contribution in [0.15, 0.2) is 18.2 Å². The molecule has 2 nitrogen and oxygen atoms in total. The van der Waals surface area contributed by atoms with Crippen molar-refractivity contribution in [1.82, 2.24) is 0 Å². The maximum absolute atomic E-state index is 5.42. The fourth-order valence-electron chi connectivity index (χ4n) is 1.50. The van der Waals surface area contributed by atoms with Gasteiger partial charge in [-0.2, -0.15) is 12.6 Å². The molecule has 0 aromatic heterocycles. The highest BCUT2D eigenvalue weighted by atomic mass is 32.1. The Kier molecular flexibility index (Phi) is 2.64. The first kappa shape index (κ1) is 8.75. The third-order valence-electron chi connectivity index (χ3n) is 2.13. The summed E-state index contributed by atoms with van der Waals surface area (Å²) >= 11 is 4.15. The van der Waals surface area contributed by atoms with Crippen LogP contribution in [0.25, 0.3) is 0 Å². The molecule has 0 fully saturated rings. The van der Waals surface area contributed by atoms with Crippen LogP contribution in [-0.4, -0.2) is 18.9 Å². The molecule has 0 bridgehead atoms. The van der Waals surface area contributed by atoms with Crippen LogP contribution < -0.4 is 10.1 Å². The molecule has 1 aliphatic heterocycles. The zero-order chi connectivity index (χ0) is 9.10. The fraction of sp³-hybridized carbons (Fsp3) is 0.400. The number of nitrogens with one attached hydrogen (secondary N) is 1. The first-order chi connectivity index (χ1) is 6.40. The first-order valence-corrected chi connectivity index (χ1v) is 5.14. The normalized spacial score (nSPS) is 13.6. The average molecular weight is 195 g/mol. The van der Waals surface area contributed by atoms with Crippen LogP contribution in [0.5, 0.6) is 5.75 Å². The Balaban J connectivity index is 2.12. The van der Waals surface area contributed by atoms with Gasteiger partial charge in [-0.15, -0.1) is 0 Å². The second kappa shape index (κ2) is 3.92. The maximum atomic E-state index is 5.42. The van der Waals surface area contributed by atoms with E-state index in [0.29, 0.717) is 0 Å². The summed E-state index contributed by atoms with van der Waals surface area (Å²) in [6, 6.07) is 6.24. The van der Waals surface area contributed by atoms with E-state index in [0.717, 1.165) is 31.1 Å². The summed E-state index contributed by atoms with van der Waals surface area (Å²) in [6.07, 6.45) is 1.03. The Morgan fingerprint density at radius 1 is 1.46 bits per heavy atom. The molecule has 1 heterocycles. The van der Waals surface area contributed by atoms with Crippen molar-refractivity contribution in [1.29, 1.82) is 0 Å². The van der Waals surface area contributed by atoms with Crippen LogP contribution in [0, 0.1) is 0 Å². The topological polar surface area (TPSA) is 21.3 Å². The van der Waals surface area contributed by atoms with Gasteiger partial charge in [-0.05, 0) is 23.8 Å². The van der Waals surface area contributed by atoms with E-state index in [1.165, 1.54) is 11.3 Å². The highest BCUT2D eigenvalue weighted by Crippen LogP contribution is 2.27. The van der Waals surface area contributed by atoms with Crippen molar-refractivity contribution in [2.45, 2.75) is 6.42 Å². The number of hydrogen-bond acceptors (Lipinski definition) is 3. The van der Waals surface area contributed by atoms with Gasteiger partial charge in [0.25, 0.3) is 0 Å². The third-order valence-corrected chi connectivity index (χ3v) is 2.35. The Morgan fingerprint density at radius 2 is 2.38 bits per heavy atom. The Morgan fingerprint density at radius 3 is 3.23 bits per heavy atom. The van der Waals surface area contributed by atoms with Gasteiger partial charge in [-0.25, -0.2) is 0 Å². The van der Waals surface area contributed by atoms with Gasteiger partial charge in [0.2, 0.25) is 0 Å². The molecule has 0 radical (unpaired) electrons. The zero-order valence-electron chi connectivity index (χ0n) is 7.42. The molecule has 0 atom stereocenters. The minimum Gasteiger partial charge on any atom is -0.493 e. The highest BCUT2D eigenvalue weighted by Gasteiger charge is 2.11. The summed E-state index contributed by atoms with van der Waals surface area (Å²) in [5.74, 6) is 1.89. The zero-order valence-corrected chi connectivity index (χ0v) is 8.31. The number of anilines is 1. The molecule has 1 aromatic carbocycles. The predicted molar refractivity (Wildman–Crippen MR) is 58.0 cm³/mol. The van der Waals surface area contributed by atoms with Gasteiger partial charge in [0, 0.05) is 24.4 Å². The van der Waals surface area contributed by atoms with Crippen LogP contribution in [0.3, 0.4) is 0 Å². The van der Waals surface area contributed by atoms with Gasteiger partial charge in [0.15, 0.2) is 0 Å². The van der Waals surface area contributed by atoms with Crippen molar-refractivity contribution in [3.05, 3.63) is 23.8 Å². The van der Waals surface area contributed by atoms with Crippen LogP contribution in [0.1, 0.15) is 5.56 Å². The van der Waals surface area contributed by atoms with Gasteiger partial charge in [-0.3, -0.25) is 0 Å². The second-order valence-corrected chi connectivity index (χ2v) is 3.52. The van der Waals surface area contributed by atoms with E-state index in [9.17, 15) is 0 Å². The second-order valence-electron chi connectivity index (χ2n) is 3.07. The quantitative estimate of drug-likeness (QED) is 0.719. The minimum atomic E-state index is 0.825. The highest BCUT2D eigenvalue weighted by molar-refractivity contribution is 7.80. The van der Waals surface area contributed by atoms with Crippen molar-refractivity contribution in [2.75, 3.05) is 24.2 Å². The maximum Gasteiger partial charge on any atom is 0.122 e. The molecule has 0 unspecified atom stereocenters. The fourth-order valence-corrected chi connectivity index (χ4v) is 1.61. The molecule has 0 amide bonds. The van der Waals surface area contributed by atoms with Gasteiger partial charge < -0.3 is 10.1 Å². The SMILES string of the molecule is SCCNc1ccc2c(c1)CCO2. The van der Waals surface area contributed by atoms with Crippen molar-refractivity contribution in [3.8, 4) is 5.75 Å². The van der Waals surface area contributed by atoms with Crippen molar-refractivity contribution < 1.29 is 4.74 Å². The summed E-state index contributed by atoms with van der Waals surface area (Å²) in [5.41, 5.74) is 2.47. The molecule has 0 saturated carbocycles. The number of thiol groups is 1. The van der Waals surface area contributed by atoms with Gasteiger partial charge in [0.1, 0.15) is 5.75 Å². The molecule has 3 heteroatoms. The first-order valence-electron chi connectivity index (χ1n) is 4.50. The van der Waals surface area contributed by atoms with Crippen molar-refractivity contribution in [3.63, 3.8) is 0 Å². The Hall–Kier alpha value is -0.830. The van der Waals surface area contributed by atoms with Gasteiger partial charge in [-0.1, -0.05) is 0 Å². The van der Waals surface area contributed by atoms with E-state index < -0.39 is 0 Å². The standard InChI is InChI=1S/C10H13NOS/c13-6-4-11-9-1-2-10-8(7-9)3-5-12-10/h1-2,7,11,13H,3-6H2. The monoisotopic (exact) mass is 195 g/mol. The third kappa shape index (κ3) is 1.91. The Bertz CT molecular complexity index is 301. The average Bonchev–Trinajstić information content (AvgIpc) is 2.61. The smallest absolute Gasteiger partial charge is 0.122 e. The summed E-state index contributed by atoms with van der Waals surface area (Å²) in [6.45, 7) is 1.73. The number of ether oxygens (including phenoxy) is 1. The summed E-state index contributed by atoms with van der Waals surface area (Å²) < 4.78 is 5.42. The molecule has 0 saturated heterocycles. The van der Waals surface area contributed by atoms with Crippen molar-refractivity contribution >= 4 is 18.3 Å². The number of benzene rings is 1. The lowest BCUT2D eigenvalue weighted by Gasteiger charge is -2.05. The van der Waals surface area contributed by atoms with E-state index in [1.807, 2.05) is 12.1 Å². The lowest BCUT2D eigenvalue weighted by molar-refractivity contribution is 0.357. The largest absolute Gasteiger partial charge is 0.493 e. The number of hydrogen-bond donors (Lipinski definition) is 2. The molecule has 2 rings (SSSR count). The summed E-state index contributed by atoms with van der Waals surface area (Å²) in [5, 5.41) is 3.29. The van der Waals surface area contributed by atoms with E-state index in [4.69, 9.17) is 4.74 Å². The molecule has 0 aliphatic carbocycles. The van der Waals surface area contributed by atoms with E-state index >= 15 is 0 Å². The predicted octanol–water partition coefficient (Wildman–Crippen LogP) is 1.96. The number of fused-ring (bicyclic) bond motifs is 1. The van der Waals surface area contributed by atoms with Crippen LogP contribution in [0.4, 0.5) is 5.69 Å². The van der Waals surface area contributed by atoms with Gasteiger partial charge in [0.05, 0.1) is 6.61 Å². The lowest BCUT2D eigenvalue weighted by atomic mass is 10.1. The number of rotatable bonds is 3. The molecular weight excluding hydrogens is 182 g/mol. The molecule has 1 N–H and O–H groups in total. The summed E-state index contributed by atoms with van der Waals surface area (Å²) in [4.78, 5) is 0. The summed E-state index contributed by atoms with van der Waals surface area (Å²) in [7, 11) is 0. The molecule has 0 spiro atoms. The molecule has 70 valence electrons. The van der Waals surface area contributed by atoms with E-state index in [-0.39, 0.29) is 0 Å². The van der Waals surface area contributed by atoms with Crippen LogP contribution >= 0.6 is 12.6 Å². The van der Waals surface area contributed by atoms with E-state index in [1.54, 1.807) is 0 Å². The lowest BCUT2D eigenvalue weighted by Crippen LogP contribution is -2.02. The minimum absolute atomic E-state index is 0.825. The Labute approximate surface area is 83.7 Å². The van der Waals surface area contributed by atoms with Gasteiger partial charge >= 0.3 is 0 Å². The van der Waals surface area contributed by atoms with Crippen molar-refractivity contribution in [2.24, 2.45) is 0 Å². The molecule has 13 heavy (non-hydrogen) atoms. The molecule has 1 aromatic rings. The van der Waals surface area contributed by atoms with Crippen LogP contribution in [-0.2, 0) is 6.42 Å². The molecular formula is C10H13NOS. The van der Waals surface area contributed by atoms with Crippen LogP contribution in [0.2, 0.25) is 0 Å². The molecule has 1 aliphatic rings.